The van der Waals surface area contributed by atoms with Gasteiger partial charge in [-0.2, -0.15) is 0 Å². The van der Waals surface area contributed by atoms with Crippen LogP contribution < -0.4 is 16.0 Å². The summed E-state index contributed by atoms with van der Waals surface area (Å²) in [6, 6.07) is 16.2. The van der Waals surface area contributed by atoms with Gasteiger partial charge in [0.25, 0.3) is 5.91 Å². The Morgan fingerprint density at radius 3 is 2.36 bits per heavy atom. The van der Waals surface area contributed by atoms with Crippen molar-refractivity contribution in [2.24, 2.45) is 0 Å². The standard InChI is InChI=1S/C20H20N6O2/c1-2-12-21-20(28)23-17-10-8-16(9-11-17)22-19(27)18-14-26(25-24-18)13-15-6-4-3-5-7-15/h2-11,14H,1,12-13H2,(H,22,27)(H2,21,23,28). The maximum atomic E-state index is 12.3. The number of benzene rings is 2. The Hall–Kier alpha value is -3.94. The summed E-state index contributed by atoms with van der Waals surface area (Å²) in [6.07, 6.45) is 3.19. The van der Waals surface area contributed by atoms with Gasteiger partial charge in [0.05, 0.1) is 12.7 Å². The Morgan fingerprint density at radius 2 is 1.68 bits per heavy atom. The number of carbonyl (C=O) groups is 2. The molecule has 8 heteroatoms. The van der Waals surface area contributed by atoms with Gasteiger partial charge >= 0.3 is 6.03 Å². The summed E-state index contributed by atoms with van der Waals surface area (Å²) >= 11 is 0. The molecule has 1 aromatic heterocycles. The van der Waals surface area contributed by atoms with Crippen molar-refractivity contribution in [3.8, 4) is 0 Å². The second kappa shape index (κ2) is 9.13. The van der Waals surface area contributed by atoms with Gasteiger partial charge in [-0.3, -0.25) is 4.79 Å². The minimum absolute atomic E-state index is 0.224. The first-order chi connectivity index (χ1) is 13.6. The predicted octanol–water partition coefficient (Wildman–Crippen LogP) is 2.89. The van der Waals surface area contributed by atoms with E-state index in [0.29, 0.717) is 24.5 Å². The molecule has 0 unspecified atom stereocenters. The fourth-order valence-electron chi connectivity index (χ4n) is 2.42. The summed E-state index contributed by atoms with van der Waals surface area (Å²) in [7, 11) is 0. The van der Waals surface area contributed by atoms with Crippen molar-refractivity contribution in [3.63, 3.8) is 0 Å². The second-order valence-corrected chi connectivity index (χ2v) is 5.94. The van der Waals surface area contributed by atoms with Crippen LogP contribution in [0.15, 0.2) is 73.4 Å². The fourth-order valence-corrected chi connectivity index (χ4v) is 2.42. The van der Waals surface area contributed by atoms with Crippen LogP contribution in [0.5, 0.6) is 0 Å². The molecule has 0 bridgehead atoms. The summed E-state index contributed by atoms with van der Waals surface area (Å²) in [6.45, 7) is 4.45. The monoisotopic (exact) mass is 376 g/mol. The van der Waals surface area contributed by atoms with Crippen molar-refractivity contribution in [2.45, 2.75) is 6.54 Å². The number of urea groups is 1. The van der Waals surface area contributed by atoms with Crippen molar-refractivity contribution in [1.82, 2.24) is 20.3 Å². The minimum atomic E-state index is -0.358. The minimum Gasteiger partial charge on any atom is -0.334 e. The third-order valence-electron chi connectivity index (χ3n) is 3.77. The van der Waals surface area contributed by atoms with Crippen LogP contribution in [-0.4, -0.2) is 33.5 Å². The Bertz CT molecular complexity index is 950. The summed E-state index contributed by atoms with van der Waals surface area (Å²) in [4.78, 5) is 23.9. The lowest BCUT2D eigenvalue weighted by Crippen LogP contribution is -2.28. The number of hydrogen-bond acceptors (Lipinski definition) is 4. The van der Waals surface area contributed by atoms with Crippen LogP contribution in [0.25, 0.3) is 0 Å². The van der Waals surface area contributed by atoms with Gasteiger partial charge in [0.15, 0.2) is 5.69 Å². The highest BCUT2D eigenvalue weighted by Crippen LogP contribution is 2.14. The molecule has 3 rings (SSSR count). The summed E-state index contributed by atoms with van der Waals surface area (Å²) in [5.41, 5.74) is 2.48. The zero-order valence-corrected chi connectivity index (χ0v) is 15.1. The molecule has 8 nitrogen and oxygen atoms in total. The number of anilines is 2. The second-order valence-electron chi connectivity index (χ2n) is 5.94. The molecule has 142 valence electrons. The van der Waals surface area contributed by atoms with E-state index in [0.717, 1.165) is 5.56 Å². The molecular weight excluding hydrogens is 356 g/mol. The van der Waals surface area contributed by atoms with E-state index in [2.05, 4.69) is 32.8 Å². The lowest BCUT2D eigenvalue weighted by Gasteiger charge is -2.07. The number of aromatic nitrogens is 3. The number of nitrogens with zero attached hydrogens (tertiary/aromatic N) is 3. The van der Waals surface area contributed by atoms with Crippen molar-refractivity contribution in [1.29, 1.82) is 0 Å². The summed E-state index contributed by atoms with van der Waals surface area (Å²) in [5.74, 6) is -0.358. The molecule has 0 spiro atoms. The van der Waals surface area contributed by atoms with Crippen molar-refractivity contribution < 1.29 is 9.59 Å². The number of hydrogen-bond donors (Lipinski definition) is 3. The number of carbonyl (C=O) groups excluding carboxylic acids is 2. The Morgan fingerprint density at radius 1 is 1.00 bits per heavy atom. The average Bonchev–Trinajstić information content (AvgIpc) is 3.17. The van der Waals surface area contributed by atoms with Crippen LogP contribution in [-0.2, 0) is 6.54 Å². The normalized spacial score (nSPS) is 10.1. The van der Waals surface area contributed by atoms with Crippen LogP contribution in [0.3, 0.4) is 0 Å². The van der Waals surface area contributed by atoms with E-state index in [-0.39, 0.29) is 17.6 Å². The molecule has 2 aromatic carbocycles. The van der Waals surface area contributed by atoms with E-state index in [1.165, 1.54) is 0 Å². The first-order valence-electron chi connectivity index (χ1n) is 8.65. The van der Waals surface area contributed by atoms with Gasteiger partial charge in [0.1, 0.15) is 0 Å². The largest absolute Gasteiger partial charge is 0.334 e. The molecule has 0 atom stereocenters. The SMILES string of the molecule is C=CCNC(=O)Nc1ccc(NC(=O)c2cn(Cc3ccccc3)nn2)cc1. The number of rotatable bonds is 7. The molecule has 0 aliphatic rings. The van der Waals surface area contributed by atoms with E-state index in [1.807, 2.05) is 30.3 Å². The van der Waals surface area contributed by atoms with Crippen molar-refractivity contribution >= 4 is 23.3 Å². The predicted molar refractivity (Wildman–Crippen MR) is 107 cm³/mol. The molecule has 0 aliphatic carbocycles. The molecular formula is C20H20N6O2. The molecule has 0 fully saturated rings. The molecule has 0 saturated heterocycles. The molecule has 28 heavy (non-hydrogen) atoms. The zero-order chi connectivity index (χ0) is 19.8. The maximum absolute atomic E-state index is 12.3. The molecule has 3 N–H and O–H groups in total. The van der Waals surface area contributed by atoms with E-state index >= 15 is 0 Å². The van der Waals surface area contributed by atoms with Crippen LogP contribution in [0.4, 0.5) is 16.2 Å². The molecule has 0 aliphatic heterocycles. The quantitative estimate of drug-likeness (QED) is 0.552. The molecule has 0 radical (unpaired) electrons. The third-order valence-corrected chi connectivity index (χ3v) is 3.77. The third kappa shape index (κ3) is 5.28. The zero-order valence-electron chi connectivity index (χ0n) is 15.1. The first kappa shape index (κ1) is 18.8. The first-order valence-corrected chi connectivity index (χ1v) is 8.65. The van der Waals surface area contributed by atoms with Gasteiger partial charge in [-0.05, 0) is 29.8 Å². The van der Waals surface area contributed by atoms with Crippen LogP contribution in [0.1, 0.15) is 16.1 Å². The molecule has 0 saturated carbocycles. The van der Waals surface area contributed by atoms with Crippen molar-refractivity contribution in [2.75, 3.05) is 17.2 Å². The van der Waals surface area contributed by atoms with Crippen LogP contribution in [0.2, 0.25) is 0 Å². The van der Waals surface area contributed by atoms with E-state index in [1.54, 1.807) is 41.2 Å². The van der Waals surface area contributed by atoms with Crippen molar-refractivity contribution in [3.05, 3.63) is 84.7 Å². The highest BCUT2D eigenvalue weighted by Gasteiger charge is 2.11. The highest BCUT2D eigenvalue weighted by atomic mass is 16.2. The van der Waals surface area contributed by atoms with Crippen LogP contribution in [0, 0.1) is 0 Å². The fraction of sp³-hybridized carbons (Fsp3) is 0.100. The van der Waals surface area contributed by atoms with Gasteiger partial charge in [-0.15, -0.1) is 11.7 Å². The lowest BCUT2D eigenvalue weighted by molar-refractivity contribution is 0.102. The Labute approximate surface area is 162 Å². The average molecular weight is 376 g/mol. The Balaban J connectivity index is 1.56. The summed E-state index contributed by atoms with van der Waals surface area (Å²) < 4.78 is 1.61. The molecule has 1 heterocycles. The van der Waals surface area contributed by atoms with Crippen LogP contribution >= 0.6 is 0 Å². The number of amides is 3. The molecule has 3 amide bonds. The lowest BCUT2D eigenvalue weighted by atomic mass is 10.2. The topological polar surface area (TPSA) is 101 Å². The van der Waals surface area contributed by atoms with Gasteiger partial charge in [0, 0.05) is 17.9 Å². The van der Waals surface area contributed by atoms with Gasteiger partial charge in [-0.1, -0.05) is 41.6 Å². The maximum Gasteiger partial charge on any atom is 0.319 e. The molecule has 3 aromatic rings. The van der Waals surface area contributed by atoms with Gasteiger partial charge in [0.2, 0.25) is 0 Å². The summed E-state index contributed by atoms with van der Waals surface area (Å²) in [5, 5.41) is 16.0. The van der Waals surface area contributed by atoms with Gasteiger partial charge in [-0.25, -0.2) is 9.48 Å². The number of nitrogens with one attached hydrogen (secondary N) is 3. The highest BCUT2D eigenvalue weighted by molar-refractivity contribution is 6.02. The van der Waals surface area contributed by atoms with E-state index < -0.39 is 0 Å². The van der Waals surface area contributed by atoms with E-state index in [4.69, 9.17) is 0 Å². The smallest absolute Gasteiger partial charge is 0.319 e. The Kier molecular flexibility index (Phi) is 6.14. The van der Waals surface area contributed by atoms with E-state index in [9.17, 15) is 9.59 Å². The van der Waals surface area contributed by atoms with Gasteiger partial charge < -0.3 is 16.0 Å².